The summed E-state index contributed by atoms with van der Waals surface area (Å²) in [6, 6.07) is 12.7. The second kappa shape index (κ2) is 5.96. The van der Waals surface area contributed by atoms with Crippen molar-refractivity contribution in [2.45, 2.75) is 5.92 Å². The Balaban J connectivity index is 1.84. The minimum Gasteiger partial charge on any atom is -0.481 e. The van der Waals surface area contributed by atoms with E-state index in [1.165, 1.54) is 0 Å². The zero-order chi connectivity index (χ0) is 15.7. The number of likely N-dealkylation sites (tertiary alicyclic amines) is 1. The molecule has 2 aromatic rings. The fourth-order valence-corrected chi connectivity index (χ4v) is 3.15. The Hall–Kier alpha value is -2.08. The summed E-state index contributed by atoms with van der Waals surface area (Å²) in [4.78, 5) is 25.5. The molecule has 0 bridgehead atoms. The maximum Gasteiger partial charge on any atom is 0.308 e. The van der Waals surface area contributed by atoms with Crippen molar-refractivity contribution in [3.05, 3.63) is 58.5 Å². The minimum atomic E-state index is -0.884. The lowest BCUT2D eigenvalue weighted by Crippen LogP contribution is -2.29. The first-order valence-electron chi connectivity index (χ1n) is 6.88. The Morgan fingerprint density at radius 2 is 1.86 bits per heavy atom. The molecule has 2 atom stereocenters. The minimum absolute atomic E-state index is 0.187. The summed E-state index contributed by atoms with van der Waals surface area (Å²) in [6.45, 7) is 0.560. The van der Waals surface area contributed by atoms with Gasteiger partial charge in [-0.1, -0.05) is 30.3 Å². The Morgan fingerprint density at radius 3 is 2.45 bits per heavy atom. The van der Waals surface area contributed by atoms with Crippen LogP contribution in [0.15, 0.2) is 51.6 Å². The lowest BCUT2D eigenvalue weighted by Gasteiger charge is -2.15. The van der Waals surface area contributed by atoms with E-state index in [0.717, 1.165) is 5.56 Å². The zero-order valence-electron chi connectivity index (χ0n) is 11.6. The fraction of sp³-hybridized carbons (Fsp3) is 0.250. The van der Waals surface area contributed by atoms with Gasteiger partial charge in [0.1, 0.15) is 0 Å². The Labute approximate surface area is 135 Å². The molecule has 5 nitrogen and oxygen atoms in total. The number of hydrogen-bond donors (Lipinski definition) is 1. The van der Waals surface area contributed by atoms with Gasteiger partial charge in [0.25, 0.3) is 5.91 Å². The van der Waals surface area contributed by atoms with E-state index in [4.69, 9.17) is 4.42 Å². The third kappa shape index (κ3) is 2.78. The molecular formula is C16H14BrNO4. The molecule has 1 aliphatic rings. The molecule has 2 unspecified atom stereocenters. The fourth-order valence-electron chi connectivity index (χ4n) is 2.84. The smallest absolute Gasteiger partial charge is 0.308 e. The first-order chi connectivity index (χ1) is 10.6. The molecule has 1 N–H and O–H groups in total. The number of halogens is 1. The van der Waals surface area contributed by atoms with Crippen molar-refractivity contribution in [1.29, 1.82) is 0 Å². The number of rotatable bonds is 3. The van der Waals surface area contributed by atoms with Crippen LogP contribution in [0, 0.1) is 5.92 Å². The van der Waals surface area contributed by atoms with Crippen LogP contribution in [-0.4, -0.2) is 35.0 Å². The van der Waals surface area contributed by atoms with Crippen LogP contribution in [0.5, 0.6) is 0 Å². The lowest BCUT2D eigenvalue weighted by atomic mass is 9.89. The number of hydrogen-bond acceptors (Lipinski definition) is 3. The van der Waals surface area contributed by atoms with Crippen molar-refractivity contribution in [2.24, 2.45) is 5.92 Å². The van der Waals surface area contributed by atoms with Crippen LogP contribution in [0.25, 0.3) is 0 Å². The van der Waals surface area contributed by atoms with Gasteiger partial charge < -0.3 is 14.4 Å². The van der Waals surface area contributed by atoms with Gasteiger partial charge in [-0.2, -0.15) is 0 Å². The molecule has 1 fully saturated rings. The number of benzene rings is 1. The molecule has 0 aliphatic carbocycles. The summed E-state index contributed by atoms with van der Waals surface area (Å²) in [5.41, 5.74) is 0.936. The largest absolute Gasteiger partial charge is 0.481 e. The predicted molar refractivity (Wildman–Crippen MR) is 82.6 cm³/mol. The highest BCUT2D eigenvalue weighted by molar-refractivity contribution is 9.10. The molecule has 0 radical (unpaired) electrons. The van der Waals surface area contributed by atoms with Crippen molar-refractivity contribution in [2.75, 3.05) is 13.1 Å². The lowest BCUT2D eigenvalue weighted by molar-refractivity contribution is -0.141. The molecule has 1 aromatic carbocycles. The van der Waals surface area contributed by atoms with Crippen LogP contribution < -0.4 is 0 Å². The maximum absolute atomic E-state index is 12.4. The van der Waals surface area contributed by atoms with Crippen LogP contribution in [0.2, 0.25) is 0 Å². The van der Waals surface area contributed by atoms with Gasteiger partial charge in [0.05, 0.1) is 5.92 Å². The van der Waals surface area contributed by atoms with Gasteiger partial charge in [0.2, 0.25) is 0 Å². The molecule has 0 saturated carbocycles. The molecule has 1 amide bonds. The maximum atomic E-state index is 12.4. The van der Waals surface area contributed by atoms with E-state index in [9.17, 15) is 14.7 Å². The van der Waals surface area contributed by atoms with E-state index >= 15 is 0 Å². The van der Waals surface area contributed by atoms with Gasteiger partial charge in [0, 0.05) is 19.0 Å². The third-order valence-electron chi connectivity index (χ3n) is 3.94. The second-order valence-corrected chi connectivity index (χ2v) is 6.06. The van der Waals surface area contributed by atoms with Crippen LogP contribution in [0.1, 0.15) is 22.0 Å². The molecule has 3 rings (SSSR count). The molecule has 22 heavy (non-hydrogen) atoms. The molecular weight excluding hydrogens is 350 g/mol. The van der Waals surface area contributed by atoms with Crippen LogP contribution in [-0.2, 0) is 4.79 Å². The van der Waals surface area contributed by atoms with E-state index in [1.54, 1.807) is 17.0 Å². The Kier molecular flexibility index (Phi) is 4.02. The quantitative estimate of drug-likeness (QED) is 0.909. The van der Waals surface area contributed by atoms with Gasteiger partial charge in [-0.3, -0.25) is 9.59 Å². The highest BCUT2D eigenvalue weighted by atomic mass is 79.9. The van der Waals surface area contributed by atoms with E-state index < -0.39 is 11.9 Å². The molecule has 2 heterocycles. The van der Waals surface area contributed by atoms with Crippen LogP contribution in [0.3, 0.4) is 0 Å². The first-order valence-corrected chi connectivity index (χ1v) is 7.68. The number of carbonyl (C=O) groups excluding carboxylic acids is 1. The predicted octanol–water partition coefficient (Wildman–Crippen LogP) is 2.98. The summed E-state index contributed by atoms with van der Waals surface area (Å²) in [5, 5.41) is 9.45. The third-order valence-corrected chi connectivity index (χ3v) is 4.36. The van der Waals surface area contributed by atoms with Crippen molar-refractivity contribution in [3.63, 3.8) is 0 Å². The molecule has 114 valence electrons. The highest BCUT2D eigenvalue weighted by Gasteiger charge is 2.41. The van der Waals surface area contributed by atoms with Crippen LogP contribution >= 0.6 is 15.9 Å². The van der Waals surface area contributed by atoms with Crippen molar-refractivity contribution >= 4 is 27.8 Å². The summed E-state index contributed by atoms with van der Waals surface area (Å²) in [6.07, 6.45) is 0. The van der Waals surface area contributed by atoms with E-state index in [-0.39, 0.29) is 24.1 Å². The molecule has 0 spiro atoms. The molecule has 1 aromatic heterocycles. The average molecular weight is 364 g/mol. The standard InChI is InChI=1S/C16H14BrNO4/c17-14-7-6-13(22-14)15(19)18-8-11(12(9-18)16(20)21)10-4-2-1-3-5-10/h1-7,11-12H,8-9H2,(H,20,21). The van der Waals surface area contributed by atoms with E-state index in [1.807, 2.05) is 30.3 Å². The summed E-state index contributed by atoms with van der Waals surface area (Å²) in [5.74, 6) is -1.77. The number of amides is 1. The normalized spacial score (nSPS) is 21.0. The first kappa shape index (κ1) is 14.8. The summed E-state index contributed by atoms with van der Waals surface area (Å²) < 4.78 is 5.75. The van der Waals surface area contributed by atoms with Crippen molar-refractivity contribution < 1.29 is 19.1 Å². The monoisotopic (exact) mass is 363 g/mol. The average Bonchev–Trinajstić information content (AvgIpc) is 3.14. The SMILES string of the molecule is O=C(O)C1CN(C(=O)c2ccc(Br)o2)CC1c1ccccc1. The second-order valence-electron chi connectivity index (χ2n) is 5.28. The number of nitrogens with zero attached hydrogens (tertiary/aromatic N) is 1. The van der Waals surface area contributed by atoms with E-state index in [2.05, 4.69) is 15.9 Å². The summed E-state index contributed by atoms with van der Waals surface area (Å²) >= 11 is 3.16. The number of aliphatic carboxylic acids is 1. The molecule has 1 saturated heterocycles. The zero-order valence-corrected chi connectivity index (χ0v) is 13.2. The van der Waals surface area contributed by atoms with Gasteiger partial charge in [-0.05, 0) is 33.6 Å². The van der Waals surface area contributed by atoms with Gasteiger partial charge >= 0.3 is 5.97 Å². The molecule has 6 heteroatoms. The van der Waals surface area contributed by atoms with E-state index in [0.29, 0.717) is 11.2 Å². The van der Waals surface area contributed by atoms with Gasteiger partial charge in [-0.15, -0.1) is 0 Å². The highest BCUT2D eigenvalue weighted by Crippen LogP contribution is 2.33. The number of carbonyl (C=O) groups is 2. The Morgan fingerprint density at radius 1 is 1.14 bits per heavy atom. The number of carboxylic acid groups (broad SMARTS) is 1. The van der Waals surface area contributed by atoms with Crippen LogP contribution in [0.4, 0.5) is 0 Å². The Bertz CT molecular complexity index is 697. The topological polar surface area (TPSA) is 70.8 Å². The number of furan rings is 1. The van der Waals surface area contributed by atoms with Crippen molar-refractivity contribution in [3.8, 4) is 0 Å². The van der Waals surface area contributed by atoms with Crippen molar-refractivity contribution in [1.82, 2.24) is 4.90 Å². The van der Waals surface area contributed by atoms with Gasteiger partial charge in [0.15, 0.2) is 10.4 Å². The van der Waals surface area contributed by atoms with Gasteiger partial charge in [-0.25, -0.2) is 0 Å². The summed E-state index contributed by atoms with van der Waals surface area (Å²) in [7, 11) is 0. The molecule has 1 aliphatic heterocycles. The number of carboxylic acids is 1.